The first-order chi connectivity index (χ1) is 29.1. The fourth-order valence-electron chi connectivity index (χ4n) is 6.64. The van der Waals surface area contributed by atoms with Crippen molar-refractivity contribution in [3.05, 3.63) is 165 Å². The maximum atomic E-state index is 6.15. The Bertz CT molecular complexity index is 2340. The Morgan fingerprint density at radius 2 is 0.689 bits per heavy atom. The normalized spacial score (nSPS) is 12.1. The van der Waals surface area contributed by atoms with Gasteiger partial charge in [-0.1, -0.05) is 47.5 Å². The van der Waals surface area contributed by atoms with Gasteiger partial charge in [0, 0.05) is 0 Å². The molecule has 0 aliphatic carbocycles. The van der Waals surface area contributed by atoms with Gasteiger partial charge in [0.1, 0.15) is 11.5 Å². The molecule has 0 saturated carbocycles. The fourth-order valence-corrected chi connectivity index (χ4v) is 6.64. The predicted molar refractivity (Wildman–Crippen MR) is 254 cm³/mol. The Morgan fingerprint density at radius 3 is 0.967 bits per heavy atom. The number of nitrogens with zero attached hydrogens (tertiary/aromatic N) is 6. The summed E-state index contributed by atoms with van der Waals surface area (Å²) in [5.74, 6) is 1.43. The van der Waals surface area contributed by atoms with Crippen LogP contribution in [0.1, 0.15) is 83.9 Å². The molecule has 0 fully saturated rings. The van der Waals surface area contributed by atoms with E-state index in [9.17, 15) is 0 Å². The van der Waals surface area contributed by atoms with Crippen molar-refractivity contribution in [2.75, 3.05) is 0 Å². The van der Waals surface area contributed by atoms with Crippen LogP contribution in [0.5, 0.6) is 11.5 Å². The molecule has 2 aromatic heterocycles. The van der Waals surface area contributed by atoms with Gasteiger partial charge in [-0.3, -0.25) is 20.0 Å². The Hall–Kier alpha value is -4.14. The topological polar surface area (TPSA) is 84.5 Å². The average molecular weight is 978 g/mol. The van der Waals surface area contributed by atoms with Gasteiger partial charge in [0.2, 0.25) is 0 Å². The van der Waals surface area contributed by atoms with Crippen LogP contribution in [0.25, 0.3) is 0 Å². The average Bonchev–Trinajstić information content (AvgIpc) is 3.22. The molecule has 6 aromatic rings. The predicted octanol–water partition coefficient (Wildman–Crippen LogP) is 15.4. The molecule has 0 amide bonds. The number of halogens is 4. The number of hydrogen-bond acceptors (Lipinski definition) is 7. The molecule has 0 atom stereocenters. The van der Waals surface area contributed by atoms with Crippen molar-refractivity contribution < 1.29 is 31.0 Å². The Balaban J connectivity index is 0.00000129. The van der Waals surface area contributed by atoms with Gasteiger partial charge in [-0.2, -0.15) is 0 Å². The van der Waals surface area contributed by atoms with Crippen LogP contribution in [0.15, 0.2) is 129 Å². The molecule has 320 valence electrons. The van der Waals surface area contributed by atoms with Crippen LogP contribution >= 0.6 is 40.4 Å². The van der Waals surface area contributed by atoms with Gasteiger partial charge in [0.05, 0.1) is 68.4 Å². The van der Waals surface area contributed by atoms with E-state index in [0.29, 0.717) is 11.5 Å². The van der Waals surface area contributed by atoms with E-state index >= 15 is 0 Å². The van der Waals surface area contributed by atoms with E-state index in [2.05, 4.69) is 65.8 Å². The minimum absolute atomic E-state index is 0.194. The summed E-state index contributed by atoms with van der Waals surface area (Å²) < 4.78 is 6.15. The van der Waals surface area contributed by atoms with E-state index in [1.165, 1.54) is 11.1 Å². The van der Waals surface area contributed by atoms with Crippen LogP contribution < -0.4 is 4.74 Å². The van der Waals surface area contributed by atoms with E-state index in [4.69, 9.17) is 75.1 Å². The van der Waals surface area contributed by atoms with Crippen molar-refractivity contribution in [2.24, 2.45) is 20.0 Å². The third kappa shape index (κ3) is 15.0. The third-order valence-electron chi connectivity index (χ3n) is 9.31. The molecule has 0 bridgehead atoms. The van der Waals surface area contributed by atoms with E-state index < -0.39 is 0 Å². The monoisotopic (exact) mass is 976 g/mol. The molecule has 0 unspecified atom stereocenters. The number of pyridine rings is 2. The SMILES string of the molecule is CC(=Nc1ccc(Oc2ccc(N=C(C)c3cccc(C(C)=Nc4c(C)cc(C)cc4C)n3)cc2)cc1)c1cccc(C(C)=Nc2c(C)cc(C)cc2C)n1.[Cl][Fe][Cl].[Cl][Fe][Cl]. The van der Waals surface area contributed by atoms with Crippen molar-refractivity contribution in [3.63, 3.8) is 0 Å². The summed E-state index contributed by atoms with van der Waals surface area (Å²) >= 11 is 0.389. The zero-order chi connectivity index (χ0) is 44.6. The molecule has 0 radical (unpaired) electrons. The second kappa shape index (κ2) is 24.5. The summed E-state index contributed by atoms with van der Waals surface area (Å²) in [6, 6.07) is 36.0. The summed E-state index contributed by atoms with van der Waals surface area (Å²) in [4.78, 5) is 29.3. The number of aliphatic imine (C=N–C) groups is 4. The summed E-state index contributed by atoms with van der Waals surface area (Å²) in [6.45, 7) is 20.6. The molecule has 13 heteroatoms. The van der Waals surface area contributed by atoms with Crippen molar-refractivity contribution in [1.29, 1.82) is 0 Å². The van der Waals surface area contributed by atoms with Gasteiger partial charge in [-0.15, -0.1) is 0 Å². The molecule has 7 nitrogen and oxygen atoms in total. The number of aryl methyl sites for hydroxylation is 6. The van der Waals surface area contributed by atoms with Crippen LogP contribution in [0, 0.1) is 41.5 Å². The van der Waals surface area contributed by atoms with E-state index in [1.807, 2.05) is 113 Å². The van der Waals surface area contributed by atoms with Crippen molar-refractivity contribution in [2.45, 2.75) is 69.2 Å². The van der Waals surface area contributed by atoms with Gasteiger partial charge < -0.3 is 4.74 Å². The summed E-state index contributed by atoms with van der Waals surface area (Å²) in [5, 5.41) is 0. The van der Waals surface area contributed by atoms with Crippen molar-refractivity contribution in [3.8, 4) is 11.5 Å². The van der Waals surface area contributed by atoms with Gasteiger partial charge in [0.25, 0.3) is 0 Å². The molecular weight excluding hydrogens is 930 g/mol. The van der Waals surface area contributed by atoms with Crippen LogP contribution in [-0.4, -0.2) is 32.8 Å². The zero-order valence-electron chi connectivity index (χ0n) is 35.7. The van der Waals surface area contributed by atoms with Crippen LogP contribution in [0.2, 0.25) is 0 Å². The molecule has 0 aliphatic rings. The molecule has 0 saturated heterocycles. The number of rotatable bonds is 10. The van der Waals surface area contributed by atoms with Crippen LogP contribution in [0.4, 0.5) is 22.7 Å². The first-order valence-electron chi connectivity index (χ1n) is 19.1. The van der Waals surface area contributed by atoms with E-state index in [1.54, 1.807) is 0 Å². The quantitative estimate of drug-likeness (QED) is 0.101. The molecule has 6 rings (SSSR count). The fraction of sp³-hybridized carbons (Fsp3) is 0.208. The summed E-state index contributed by atoms with van der Waals surface area (Å²) in [6.07, 6.45) is 0. The Morgan fingerprint density at radius 1 is 0.426 bits per heavy atom. The molecule has 4 aromatic carbocycles. The Labute approximate surface area is 390 Å². The van der Waals surface area contributed by atoms with Crippen molar-refractivity contribution in [1.82, 2.24) is 9.97 Å². The standard InChI is InChI=1S/C48H48N6O.4ClH.2Fe/c1-29-25-31(3)47(32(4)26-29)51-37(9)45-15-11-13-43(53-45)35(7)49-39-17-21-41(22-18-39)55-42-23-19-40(20-24-42)50-36(8)44-14-12-16-46(54-44)38(10)52-48-33(5)27-30(2)28-34(48)6;;;;;;/h11-28H,1-10H3;4*1H;;/q;;;;;2*+2/p-4. The number of benzene rings is 4. The maximum absolute atomic E-state index is 6.15. The van der Waals surface area contributed by atoms with Gasteiger partial charge in [-0.25, -0.2) is 9.97 Å². The molecule has 0 N–H and O–H groups in total. The van der Waals surface area contributed by atoms with E-state index in [0.717, 1.165) is 90.6 Å². The number of hydrogen-bond donors (Lipinski definition) is 0. The van der Waals surface area contributed by atoms with Gasteiger partial charge >= 0.3 is 66.7 Å². The Kier molecular flexibility index (Phi) is 19.9. The second-order valence-corrected chi connectivity index (χ2v) is 17.9. The number of aromatic nitrogens is 2. The third-order valence-corrected chi connectivity index (χ3v) is 9.31. The number of ether oxygens (including phenoxy) is 1. The van der Waals surface area contributed by atoms with Crippen LogP contribution in [-0.2, 0) is 26.3 Å². The summed E-state index contributed by atoms with van der Waals surface area (Å²) in [7, 11) is 19.1. The second-order valence-electron chi connectivity index (χ2n) is 14.3. The van der Waals surface area contributed by atoms with Gasteiger partial charge in [-0.05, 0) is 164 Å². The first-order valence-corrected chi connectivity index (χ1v) is 25.1. The molecule has 0 aliphatic heterocycles. The van der Waals surface area contributed by atoms with Crippen LogP contribution in [0.3, 0.4) is 0 Å². The van der Waals surface area contributed by atoms with Crippen molar-refractivity contribution >= 4 is 86.0 Å². The van der Waals surface area contributed by atoms with Gasteiger partial charge in [0.15, 0.2) is 0 Å². The molecule has 2 heterocycles. The molecular formula is C48H48Cl4Fe2N6O. The van der Waals surface area contributed by atoms with E-state index in [-0.39, 0.29) is 26.3 Å². The molecule has 0 spiro atoms. The first kappa shape index (κ1) is 49.5. The zero-order valence-corrected chi connectivity index (χ0v) is 40.9. The molecule has 61 heavy (non-hydrogen) atoms. The minimum atomic E-state index is 0.194. The summed E-state index contributed by atoms with van der Waals surface area (Å²) in [5.41, 5.74) is 17.4.